The minimum atomic E-state index is -0.0942. The first kappa shape index (κ1) is 16.4. The molecule has 23 heavy (non-hydrogen) atoms. The van der Waals surface area contributed by atoms with Gasteiger partial charge < -0.3 is 9.64 Å². The van der Waals surface area contributed by atoms with Crippen molar-refractivity contribution in [3.63, 3.8) is 0 Å². The summed E-state index contributed by atoms with van der Waals surface area (Å²) in [6, 6.07) is 6.16. The van der Waals surface area contributed by atoms with E-state index in [0.717, 1.165) is 28.7 Å². The third kappa shape index (κ3) is 4.10. The molecular formula is C16H18BrN3O2S. The van der Waals surface area contributed by atoms with Crippen molar-refractivity contribution < 1.29 is 9.53 Å². The molecule has 1 aliphatic rings. The molecule has 2 heterocycles. The van der Waals surface area contributed by atoms with Gasteiger partial charge in [0.15, 0.2) is 5.13 Å². The number of nitrogens with zero attached hydrogens (tertiary/aromatic N) is 2. The third-order valence-electron chi connectivity index (χ3n) is 3.79. The Kier molecular flexibility index (Phi) is 5.30. The third-order valence-corrected chi connectivity index (χ3v) is 5.25. The molecule has 0 spiro atoms. The van der Waals surface area contributed by atoms with Crippen molar-refractivity contribution in [2.24, 2.45) is 0 Å². The van der Waals surface area contributed by atoms with Crippen molar-refractivity contribution in [1.82, 2.24) is 9.88 Å². The molecule has 1 N–H and O–H groups in total. The molecule has 5 nitrogen and oxygen atoms in total. The van der Waals surface area contributed by atoms with Crippen molar-refractivity contribution in [3.05, 3.63) is 44.9 Å². The highest BCUT2D eigenvalue weighted by Crippen LogP contribution is 2.24. The average molecular weight is 396 g/mol. The number of carbonyl (C=O) groups excluding carboxylic acids is 1. The Bertz CT molecular complexity index is 704. The van der Waals surface area contributed by atoms with Crippen molar-refractivity contribution >= 4 is 38.4 Å². The predicted molar refractivity (Wildman–Crippen MR) is 95.0 cm³/mol. The van der Waals surface area contributed by atoms with E-state index in [1.165, 1.54) is 22.5 Å². The van der Waals surface area contributed by atoms with Crippen molar-refractivity contribution in [3.8, 4) is 0 Å². The van der Waals surface area contributed by atoms with Gasteiger partial charge in [-0.1, -0.05) is 22.0 Å². The molecule has 2 amide bonds. The number of nitrogens with one attached hydrogen (secondary N) is 1. The number of aromatic nitrogens is 1. The van der Waals surface area contributed by atoms with Gasteiger partial charge in [0.2, 0.25) is 0 Å². The van der Waals surface area contributed by atoms with Gasteiger partial charge in [0.1, 0.15) is 0 Å². The van der Waals surface area contributed by atoms with E-state index in [9.17, 15) is 4.79 Å². The monoisotopic (exact) mass is 395 g/mol. The molecule has 1 aromatic carbocycles. The zero-order chi connectivity index (χ0) is 16.2. The zero-order valence-corrected chi connectivity index (χ0v) is 15.2. The number of urea groups is 1. The van der Waals surface area contributed by atoms with Crippen LogP contribution in [0.25, 0.3) is 0 Å². The molecule has 0 radical (unpaired) electrons. The minimum absolute atomic E-state index is 0.0942. The normalized spacial score (nSPS) is 13.7. The van der Waals surface area contributed by atoms with Gasteiger partial charge in [-0.25, -0.2) is 9.78 Å². The molecule has 0 unspecified atom stereocenters. The minimum Gasteiger partial charge on any atom is -0.384 e. The number of amides is 2. The van der Waals surface area contributed by atoms with Crippen LogP contribution in [-0.2, 0) is 24.1 Å². The van der Waals surface area contributed by atoms with E-state index in [-0.39, 0.29) is 6.03 Å². The summed E-state index contributed by atoms with van der Waals surface area (Å²) in [5.74, 6) is 0. The number of methoxy groups -OCH3 is 1. The Morgan fingerprint density at radius 1 is 1.48 bits per heavy atom. The van der Waals surface area contributed by atoms with Gasteiger partial charge in [-0.3, -0.25) is 5.32 Å². The lowest BCUT2D eigenvalue weighted by molar-refractivity contribution is 0.203. The maximum atomic E-state index is 12.4. The Morgan fingerprint density at radius 2 is 2.35 bits per heavy atom. The van der Waals surface area contributed by atoms with E-state index < -0.39 is 0 Å². The number of hydrogen-bond acceptors (Lipinski definition) is 4. The molecule has 3 rings (SSSR count). The van der Waals surface area contributed by atoms with Crippen LogP contribution in [0.2, 0.25) is 0 Å². The van der Waals surface area contributed by atoms with Gasteiger partial charge >= 0.3 is 6.03 Å². The van der Waals surface area contributed by atoms with Gasteiger partial charge in [-0.2, -0.15) is 0 Å². The lowest BCUT2D eigenvalue weighted by Gasteiger charge is -2.28. The first-order valence-electron chi connectivity index (χ1n) is 7.42. The van der Waals surface area contributed by atoms with Crippen LogP contribution in [0, 0.1) is 0 Å². The van der Waals surface area contributed by atoms with Crippen LogP contribution in [0.15, 0.2) is 28.9 Å². The van der Waals surface area contributed by atoms with E-state index in [0.29, 0.717) is 18.3 Å². The first-order valence-corrected chi connectivity index (χ1v) is 9.03. The highest BCUT2D eigenvalue weighted by Gasteiger charge is 2.21. The van der Waals surface area contributed by atoms with Gasteiger partial charge in [0, 0.05) is 42.2 Å². The van der Waals surface area contributed by atoms with Crippen LogP contribution in [0.3, 0.4) is 0 Å². The van der Waals surface area contributed by atoms with Gasteiger partial charge in [0.05, 0.1) is 6.61 Å². The number of benzene rings is 1. The Hall–Kier alpha value is -1.44. The number of ether oxygens (including phenoxy) is 1. The SMILES string of the molecule is COCCc1cnc(NC(=O)N2CCc3ccc(Br)cc3C2)s1. The topological polar surface area (TPSA) is 54.5 Å². The van der Waals surface area contributed by atoms with E-state index >= 15 is 0 Å². The van der Waals surface area contributed by atoms with Crippen LogP contribution < -0.4 is 5.32 Å². The number of fused-ring (bicyclic) bond motifs is 1. The summed E-state index contributed by atoms with van der Waals surface area (Å²) in [5.41, 5.74) is 2.51. The van der Waals surface area contributed by atoms with Crippen LogP contribution in [0.5, 0.6) is 0 Å². The number of thiazole rings is 1. The van der Waals surface area contributed by atoms with E-state index in [1.807, 2.05) is 11.0 Å². The Morgan fingerprint density at radius 3 is 3.17 bits per heavy atom. The second kappa shape index (κ2) is 7.42. The van der Waals surface area contributed by atoms with E-state index in [4.69, 9.17) is 4.74 Å². The lowest BCUT2D eigenvalue weighted by Crippen LogP contribution is -2.38. The summed E-state index contributed by atoms with van der Waals surface area (Å²) in [6.07, 6.45) is 3.49. The fourth-order valence-electron chi connectivity index (χ4n) is 2.55. The van der Waals surface area contributed by atoms with Crippen molar-refractivity contribution in [2.45, 2.75) is 19.4 Å². The highest BCUT2D eigenvalue weighted by atomic mass is 79.9. The highest BCUT2D eigenvalue weighted by molar-refractivity contribution is 9.10. The lowest BCUT2D eigenvalue weighted by atomic mass is 10.0. The average Bonchev–Trinajstić information content (AvgIpc) is 2.99. The molecule has 122 valence electrons. The van der Waals surface area contributed by atoms with E-state index in [1.54, 1.807) is 13.3 Å². The molecule has 0 saturated heterocycles. The zero-order valence-electron chi connectivity index (χ0n) is 12.8. The first-order chi connectivity index (χ1) is 11.2. The molecule has 2 aromatic rings. The van der Waals surface area contributed by atoms with Crippen LogP contribution in [0.4, 0.5) is 9.93 Å². The van der Waals surface area contributed by atoms with Crippen LogP contribution >= 0.6 is 27.3 Å². The summed E-state index contributed by atoms with van der Waals surface area (Å²) >= 11 is 4.98. The molecule has 0 atom stereocenters. The molecule has 0 aliphatic carbocycles. The predicted octanol–water partition coefficient (Wildman–Crippen LogP) is 3.68. The maximum absolute atomic E-state index is 12.4. The number of rotatable bonds is 4. The number of hydrogen-bond donors (Lipinski definition) is 1. The molecule has 0 bridgehead atoms. The molecular weight excluding hydrogens is 378 g/mol. The van der Waals surface area contributed by atoms with Gasteiger partial charge in [-0.05, 0) is 29.7 Å². The summed E-state index contributed by atoms with van der Waals surface area (Å²) in [4.78, 5) is 19.6. The molecule has 7 heteroatoms. The molecule has 0 fully saturated rings. The van der Waals surface area contributed by atoms with E-state index in [2.05, 4.69) is 38.4 Å². The number of anilines is 1. The molecule has 0 saturated carbocycles. The second-order valence-electron chi connectivity index (χ2n) is 5.39. The van der Waals surface area contributed by atoms with Crippen molar-refractivity contribution in [2.75, 3.05) is 25.6 Å². The fraction of sp³-hybridized carbons (Fsp3) is 0.375. The van der Waals surface area contributed by atoms with Crippen molar-refractivity contribution in [1.29, 1.82) is 0 Å². The molecule has 1 aromatic heterocycles. The smallest absolute Gasteiger partial charge is 0.323 e. The standard InChI is InChI=1S/C16H18BrN3O2S/c1-22-7-5-14-9-18-15(23-14)19-16(21)20-6-4-11-2-3-13(17)8-12(11)10-20/h2-3,8-9H,4-7,10H2,1H3,(H,18,19,21). The van der Waals surface area contributed by atoms with Crippen LogP contribution in [0.1, 0.15) is 16.0 Å². The maximum Gasteiger partial charge on any atom is 0.323 e. The quantitative estimate of drug-likeness (QED) is 0.858. The van der Waals surface area contributed by atoms with Gasteiger partial charge in [-0.15, -0.1) is 11.3 Å². The summed E-state index contributed by atoms with van der Waals surface area (Å²) in [6.45, 7) is 2.01. The van der Waals surface area contributed by atoms with Crippen LogP contribution in [-0.4, -0.2) is 36.2 Å². The number of halogens is 1. The summed E-state index contributed by atoms with van der Waals surface area (Å²) in [5, 5.41) is 3.54. The summed E-state index contributed by atoms with van der Waals surface area (Å²) in [7, 11) is 1.68. The second-order valence-corrected chi connectivity index (χ2v) is 7.42. The summed E-state index contributed by atoms with van der Waals surface area (Å²) < 4.78 is 6.10. The molecule has 1 aliphatic heterocycles. The van der Waals surface area contributed by atoms with Gasteiger partial charge in [0.25, 0.3) is 0 Å². The largest absolute Gasteiger partial charge is 0.384 e. The Labute approximate surface area is 147 Å². The Balaban J connectivity index is 1.62. The number of carbonyl (C=O) groups is 1. The fourth-order valence-corrected chi connectivity index (χ4v) is 3.74.